The lowest BCUT2D eigenvalue weighted by molar-refractivity contribution is -0.146. The molecule has 6 nitrogen and oxygen atoms in total. The van der Waals surface area contributed by atoms with Crippen LogP contribution in [0.2, 0.25) is 0 Å². The number of benzene rings is 1. The molecule has 0 spiro atoms. The molecule has 0 aliphatic heterocycles. The third-order valence-corrected chi connectivity index (χ3v) is 2.60. The summed E-state index contributed by atoms with van der Waals surface area (Å²) in [6.45, 7) is 6.16. The number of carbonyl (C=O) groups excluding carboxylic acids is 2. The molecule has 6 heteroatoms. The zero-order valence-corrected chi connectivity index (χ0v) is 13.6. The van der Waals surface area contributed by atoms with E-state index in [1.165, 1.54) is 12.3 Å². The first-order valence-corrected chi connectivity index (χ1v) is 7.43. The average molecular weight is 319 g/mol. The summed E-state index contributed by atoms with van der Waals surface area (Å²) in [5, 5.41) is 0. The zero-order chi connectivity index (χ0) is 17.1. The summed E-state index contributed by atoms with van der Waals surface area (Å²) in [4.78, 5) is 27.7. The van der Waals surface area contributed by atoms with E-state index in [2.05, 4.69) is 4.99 Å². The van der Waals surface area contributed by atoms with E-state index in [1.54, 1.807) is 38.1 Å². The maximum atomic E-state index is 11.7. The number of hydrogen-bond donors (Lipinski definition) is 0. The fourth-order valence-electron chi connectivity index (χ4n) is 1.63. The van der Waals surface area contributed by atoms with Crippen molar-refractivity contribution < 1.29 is 23.8 Å². The van der Waals surface area contributed by atoms with Crippen LogP contribution in [0.5, 0.6) is 5.75 Å². The molecule has 0 unspecified atom stereocenters. The first kappa shape index (κ1) is 18.4. The van der Waals surface area contributed by atoms with Crippen LogP contribution in [0.15, 0.2) is 40.9 Å². The topological polar surface area (TPSA) is 74.2 Å². The molecule has 0 aromatic heterocycles. The highest BCUT2D eigenvalue weighted by Crippen LogP contribution is 2.17. The summed E-state index contributed by atoms with van der Waals surface area (Å²) < 4.78 is 15.0. The van der Waals surface area contributed by atoms with Crippen molar-refractivity contribution in [2.24, 2.45) is 4.99 Å². The van der Waals surface area contributed by atoms with E-state index in [0.29, 0.717) is 12.3 Å². The molecular formula is C17H21NO5. The van der Waals surface area contributed by atoms with Gasteiger partial charge in [0, 0.05) is 6.21 Å². The van der Waals surface area contributed by atoms with E-state index in [4.69, 9.17) is 14.2 Å². The normalized spacial score (nSPS) is 10.2. The summed E-state index contributed by atoms with van der Waals surface area (Å²) in [6, 6.07) is 7.11. The Morgan fingerprint density at radius 3 is 2.00 bits per heavy atom. The molecular weight excluding hydrogens is 298 g/mol. The van der Waals surface area contributed by atoms with Crippen LogP contribution < -0.4 is 4.74 Å². The van der Waals surface area contributed by atoms with Crippen molar-refractivity contribution in [2.75, 3.05) is 19.8 Å². The molecule has 0 heterocycles. The van der Waals surface area contributed by atoms with E-state index in [1.807, 2.05) is 6.92 Å². The third kappa shape index (κ3) is 6.34. The molecule has 0 saturated heterocycles. The number of rotatable bonds is 8. The molecule has 0 aliphatic carbocycles. The van der Waals surface area contributed by atoms with Crippen molar-refractivity contribution in [1.82, 2.24) is 0 Å². The van der Waals surface area contributed by atoms with Crippen LogP contribution in [0, 0.1) is 0 Å². The van der Waals surface area contributed by atoms with Crippen LogP contribution in [0.25, 0.3) is 0 Å². The van der Waals surface area contributed by atoms with Crippen LogP contribution in [-0.2, 0) is 19.1 Å². The smallest absolute Gasteiger partial charge is 0.345 e. The molecule has 0 saturated carbocycles. The maximum Gasteiger partial charge on any atom is 0.345 e. The molecule has 0 atom stereocenters. The highest BCUT2D eigenvalue weighted by molar-refractivity contribution is 6.16. The standard InChI is InChI=1S/C17H21NO5/c1-4-21-14-9-7-13(8-10-14)18-12-11-15(16(19)22-5-2)17(20)23-6-3/h7-12H,4-6H2,1-3H3. The largest absolute Gasteiger partial charge is 0.494 e. The van der Waals surface area contributed by atoms with Gasteiger partial charge in [-0.05, 0) is 51.1 Å². The van der Waals surface area contributed by atoms with Gasteiger partial charge in [-0.3, -0.25) is 4.99 Å². The van der Waals surface area contributed by atoms with Gasteiger partial charge in [0.15, 0.2) is 0 Å². The van der Waals surface area contributed by atoms with Gasteiger partial charge < -0.3 is 14.2 Å². The Bertz CT molecular complexity index is 555. The molecule has 23 heavy (non-hydrogen) atoms. The summed E-state index contributed by atoms with van der Waals surface area (Å²) in [5.74, 6) is -0.714. The molecule has 0 aliphatic rings. The van der Waals surface area contributed by atoms with E-state index >= 15 is 0 Å². The molecule has 0 N–H and O–H groups in total. The average Bonchev–Trinajstić information content (AvgIpc) is 2.53. The molecule has 1 aromatic rings. The Kier molecular flexibility index (Phi) is 8.13. The van der Waals surface area contributed by atoms with Crippen LogP contribution in [0.3, 0.4) is 0 Å². The number of carbonyl (C=O) groups is 2. The van der Waals surface area contributed by atoms with Gasteiger partial charge in [-0.1, -0.05) is 0 Å². The molecule has 0 radical (unpaired) electrons. The fourth-order valence-corrected chi connectivity index (χ4v) is 1.63. The minimum atomic E-state index is -0.732. The zero-order valence-electron chi connectivity index (χ0n) is 13.6. The summed E-state index contributed by atoms with van der Waals surface area (Å²) >= 11 is 0. The SMILES string of the molecule is CCOC(=O)C(=CC=Nc1ccc(OCC)cc1)C(=O)OCC. The van der Waals surface area contributed by atoms with Gasteiger partial charge in [-0.25, -0.2) is 9.59 Å². The minimum Gasteiger partial charge on any atom is -0.494 e. The van der Waals surface area contributed by atoms with Crippen molar-refractivity contribution >= 4 is 23.8 Å². The van der Waals surface area contributed by atoms with Gasteiger partial charge in [0.05, 0.1) is 25.5 Å². The van der Waals surface area contributed by atoms with Crippen molar-refractivity contribution in [3.05, 3.63) is 35.9 Å². The predicted molar refractivity (Wildman–Crippen MR) is 87.1 cm³/mol. The number of aliphatic imine (C=N–C) groups is 1. The van der Waals surface area contributed by atoms with Crippen LogP contribution in [0.4, 0.5) is 5.69 Å². The Balaban J connectivity index is 2.85. The summed E-state index contributed by atoms with van der Waals surface area (Å²) in [7, 11) is 0. The van der Waals surface area contributed by atoms with E-state index in [0.717, 1.165) is 5.75 Å². The number of hydrogen-bond acceptors (Lipinski definition) is 6. The summed E-state index contributed by atoms with van der Waals surface area (Å²) in [5.41, 5.74) is 0.472. The van der Waals surface area contributed by atoms with E-state index in [-0.39, 0.29) is 18.8 Å². The lowest BCUT2D eigenvalue weighted by Gasteiger charge is -2.05. The molecule has 0 bridgehead atoms. The summed E-state index contributed by atoms with van der Waals surface area (Å²) in [6.07, 6.45) is 2.64. The van der Waals surface area contributed by atoms with Crippen molar-refractivity contribution in [3.8, 4) is 5.75 Å². The van der Waals surface area contributed by atoms with Gasteiger partial charge in [0.1, 0.15) is 11.3 Å². The second kappa shape index (κ2) is 10.2. The first-order valence-electron chi connectivity index (χ1n) is 7.43. The van der Waals surface area contributed by atoms with Crippen LogP contribution in [-0.4, -0.2) is 38.0 Å². The Morgan fingerprint density at radius 1 is 0.957 bits per heavy atom. The van der Waals surface area contributed by atoms with Gasteiger partial charge >= 0.3 is 11.9 Å². The van der Waals surface area contributed by atoms with Crippen molar-refractivity contribution in [1.29, 1.82) is 0 Å². The lowest BCUT2D eigenvalue weighted by atomic mass is 10.2. The number of allylic oxidation sites excluding steroid dienone is 1. The Morgan fingerprint density at radius 2 is 1.52 bits per heavy atom. The third-order valence-electron chi connectivity index (χ3n) is 2.60. The predicted octanol–water partition coefficient (Wildman–Crippen LogP) is 2.84. The lowest BCUT2D eigenvalue weighted by Crippen LogP contribution is -2.18. The molecule has 1 rings (SSSR count). The quantitative estimate of drug-likeness (QED) is 0.242. The Labute approximate surface area is 135 Å². The van der Waals surface area contributed by atoms with Gasteiger partial charge in [-0.2, -0.15) is 0 Å². The van der Waals surface area contributed by atoms with Gasteiger partial charge in [0.25, 0.3) is 0 Å². The second-order valence-electron chi connectivity index (χ2n) is 4.23. The van der Waals surface area contributed by atoms with E-state index in [9.17, 15) is 9.59 Å². The highest BCUT2D eigenvalue weighted by Gasteiger charge is 2.19. The Hall–Kier alpha value is -2.63. The van der Waals surface area contributed by atoms with Gasteiger partial charge in [-0.15, -0.1) is 0 Å². The number of ether oxygens (including phenoxy) is 3. The second-order valence-corrected chi connectivity index (χ2v) is 4.23. The van der Waals surface area contributed by atoms with Gasteiger partial charge in [0.2, 0.25) is 0 Å². The first-order chi connectivity index (χ1) is 11.1. The monoisotopic (exact) mass is 319 g/mol. The molecule has 1 aromatic carbocycles. The maximum absolute atomic E-state index is 11.7. The number of esters is 2. The van der Waals surface area contributed by atoms with Crippen molar-refractivity contribution in [2.45, 2.75) is 20.8 Å². The van der Waals surface area contributed by atoms with E-state index < -0.39 is 11.9 Å². The van der Waals surface area contributed by atoms with Crippen molar-refractivity contribution in [3.63, 3.8) is 0 Å². The fraction of sp³-hybridized carbons (Fsp3) is 0.353. The van der Waals surface area contributed by atoms with Crippen LogP contribution in [0.1, 0.15) is 20.8 Å². The van der Waals surface area contributed by atoms with Crippen LogP contribution >= 0.6 is 0 Å². The highest BCUT2D eigenvalue weighted by atomic mass is 16.6. The molecule has 0 amide bonds. The molecule has 0 fully saturated rings. The number of nitrogens with zero attached hydrogens (tertiary/aromatic N) is 1. The molecule has 124 valence electrons. The minimum absolute atomic E-state index is 0.172.